The number of anilines is 1. The second-order valence-corrected chi connectivity index (χ2v) is 5.61. The van der Waals surface area contributed by atoms with Crippen molar-refractivity contribution in [2.75, 3.05) is 10.8 Å². The summed E-state index contributed by atoms with van der Waals surface area (Å²) < 4.78 is 48.4. The number of nitrogens with zero attached hydrogens (tertiary/aromatic N) is 1. The molecule has 0 radical (unpaired) electrons. The van der Waals surface area contributed by atoms with Gasteiger partial charge in [0, 0.05) is 0 Å². The molecular formula is C10H9F2NO4S. The summed E-state index contributed by atoms with van der Waals surface area (Å²) in [6.07, 6.45) is 0. The van der Waals surface area contributed by atoms with Gasteiger partial charge >= 0.3 is 11.7 Å². The number of benzene rings is 1. The summed E-state index contributed by atoms with van der Waals surface area (Å²) in [6.45, 7) is -0.499. The number of para-hydroxylation sites is 1. The number of fused-ring (bicyclic) bond motifs is 1. The van der Waals surface area contributed by atoms with Crippen molar-refractivity contribution in [2.24, 2.45) is 0 Å². The molecule has 98 valence electrons. The number of sulfonamides is 1. The standard InChI is InChI=1S/C10H9F2NO4S/c11-10(12)18(16,17)13-5-7(9(14)15)6-3-1-2-4-8(6)13/h1-4,7,10H,5H2,(H,14,15). The third-order valence-electron chi connectivity index (χ3n) is 2.76. The molecule has 0 aromatic heterocycles. The van der Waals surface area contributed by atoms with Gasteiger partial charge in [-0.25, -0.2) is 8.42 Å². The lowest BCUT2D eigenvalue weighted by Gasteiger charge is -2.18. The molecule has 0 amide bonds. The number of rotatable bonds is 3. The van der Waals surface area contributed by atoms with Crippen LogP contribution in [0.5, 0.6) is 0 Å². The van der Waals surface area contributed by atoms with Crippen LogP contribution in [0.15, 0.2) is 24.3 Å². The van der Waals surface area contributed by atoms with E-state index in [9.17, 15) is 22.0 Å². The van der Waals surface area contributed by atoms with Crippen LogP contribution in [0.2, 0.25) is 0 Å². The lowest BCUT2D eigenvalue weighted by atomic mass is 10.0. The predicted molar refractivity (Wildman–Crippen MR) is 59.1 cm³/mol. The zero-order chi connectivity index (χ0) is 13.5. The molecule has 1 heterocycles. The number of halogens is 2. The molecule has 0 saturated heterocycles. The van der Waals surface area contributed by atoms with Crippen molar-refractivity contribution < 1.29 is 27.1 Å². The quantitative estimate of drug-likeness (QED) is 0.901. The second kappa shape index (κ2) is 4.20. The molecule has 0 fully saturated rings. The first-order valence-corrected chi connectivity index (χ1v) is 6.47. The Labute approximate surface area is 102 Å². The summed E-state index contributed by atoms with van der Waals surface area (Å²) in [7, 11) is -4.82. The predicted octanol–water partition coefficient (Wildman–Crippen LogP) is 1.23. The molecule has 1 aromatic carbocycles. The van der Waals surface area contributed by atoms with Crippen LogP contribution in [-0.4, -0.2) is 31.8 Å². The Morgan fingerprint density at radius 3 is 2.56 bits per heavy atom. The number of alkyl halides is 2. The van der Waals surface area contributed by atoms with Crippen LogP contribution in [0.25, 0.3) is 0 Å². The maximum Gasteiger partial charge on any atom is 0.355 e. The first kappa shape index (κ1) is 12.7. The molecule has 0 bridgehead atoms. The number of hydrogen-bond donors (Lipinski definition) is 1. The Kier molecular flexibility index (Phi) is 2.97. The fourth-order valence-electron chi connectivity index (χ4n) is 1.92. The molecule has 1 aromatic rings. The van der Waals surface area contributed by atoms with Crippen LogP contribution in [0.4, 0.5) is 14.5 Å². The third-order valence-corrected chi connectivity index (χ3v) is 4.17. The average Bonchev–Trinajstić information content (AvgIpc) is 2.68. The lowest BCUT2D eigenvalue weighted by molar-refractivity contribution is -0.138. The molecule has 1 aliphatic heterocycles. The minimum atomic E-state index is -4.82. The molecule has 0 spiro atoms. The second-order valence-electron chi connectivity index (χ2n) is 3.79. The van der Waals surface area contributed by atoms with Gasteiger partial charge in [-0.05, 0) is 11.6 Å². The molecule has 0 aliphatic carbocycles. The van der Waals surface area contributed by atoms with E-state index in [0.29, 0.717) is 4.31 Å². The number of aliphatic carboxylic acids is 1. The number of hydrogen-bond acceptors (Lipinski definition) is 3. The number of carboxylic acids is 1. The van der Waals surface area contributed by atoms with E-state index in [1.165, 1.54) is 24.3 Å². The van der Waals surface area contributed by atoms with Gasteiger partial charge in [-0.3, -0.25) is 9.10 Å². The minimum absolute atomic E-state index is 0.00481. The highest BCUT2D eigenvalue weighted by atomic mass is 32.2. The summed E-state index contributed by atoms with van der Waals surface area (Å²) in [4.78, 5) is 11.0. The molecular weight excluding hydrogens is 268 g/mol. The van der Waals surface area contributed by atoms with Crippen molar-refractivity contribution >= 4 is 21.7 Å². The maximum absolute atomic E-state index is 12.5. The molecule has 1 N–H and O–H groups in total. The van der Waals surface area contributed by atoms with Gasteiger partial charge in [-0.15, -0.1) is 0 Å². The molecule has 1 atom stereocenters. The molecule has 0 saturated carbocycles. The Hall–Kier alpha value is -1.70. The van der Waals surface area contributed by atoms with Crippen LogP contribution in [0, 0.1) is 0 Å². The van der Waals surface area contributed by atoms with Gasteiger partial charge in [0.1, 0.15) is 5.92 Å². The van der Waals surface area contributed by atoms with Crippen LogP contribution in [0.1, 0.15) is 11.5 Å². The largest absolute Gasteiger partial charge is 0.481 e. The van der Waals surface area contributed by atoms with E-state index in [4.69, 9.17) is 5.11 Å². The van der Waals surface area contributed by atoms with Crippen molar-refractivity contribution in [3.05, 3.63) is 29.8 Å². The Bertz CT molecular complexity index is 587. The SMILES string of the molecule is O=C(O)C1CN(S(=O)(=O)C(F)F)c2ccccc21. The smallest absolute Gasteiger partial charge is 0.355 e. The summed E-state index contributed by atoms with van der Waals surface area (Å²) in [5, 5.41) is 8.97. The lowest BCUT2D eigenvalue weighted by Crippen LogP contribution is -2.35. The highest BCUT2D eigenvalue weighted by molar-refractivity contribution is 7.93. The van der Waals surface area contributed by atoms with Crippen molar-refractivity contribution in [2.45, 2.75) is 11.7 Å². The number of carbonyl (C=O) groups is 1. The Balaban J connectivity index is 2.53. The normalized spacial score (nSPS) is 19.1. The molecule has 1 unspecified atom stereocenters. The average molecular weight is 277 g/mol. The van der Waals surface area contributed by atoms with Crippen molar-refractivity contribution in [3.63, 3.8) is 0 Å². The fourth-order valence-corrected chi connectivity index (χ4v) is 2.91. The van der Waals surface area contributed by atoms with Gasteiger partial charge in [-0.1, -0.05) is 18.2 Å². The van der Waals surface area contributed by atoms with Crippen LogP contribution in [0.3, 0.4) is 0 Å². The van der Waals surface area contributed by atoms with Crippen molar-refractivity contribution in [3.8, 4) is 0 Å². The van der Waals surface area contributed by atoms with Gasteiger partial charge in [0.2, 0.25) is 0 Å². The summed E-state index contributed by atoms with van der Waals surface area (Å²) in [6, 6.07) is 5.75. The third kappa shape index (κ3) is 1.82. The summed E-state index contributed by atoms with van der Waals surface area (Å²) in [5.41, 5.74) is 0.236. The first-order valence-electron chi connectivity index (χ1n) is 4.97. The van der Waals surface area contributed by atoms with Crippen molar-refractivity contribution in [1.29, 1.82) is 0 Å². The van der Waals surface area contributed by atoms with E-state index in [-0.39, 0.29) is 11.3 Å². The Morgan fingerprint density at radius 1 is 1.39 bits per heavy atom. The van der Waals surface area contributed by atoms with E-state index >= 15 is 0 Å². The Morgan fingerprint density at radius 2 is 2.00 bits per heavy atom. The van der Waals surface area contributed by atoms with Crippen LogP contribution >= 0.6 is 0 Å². The number of carboxylic acid groups (broad SMARTS) is 1. The maximum atomic E-state index is 12.5. The van der Waals surface area contributed by atoms with Gasteiger partial charge in [0.15, 0.2) is 0 Å². The fraction of sp³-hybridized carbons (Fsp3) is 0.300. The van der Waals surface area contributed by atoms with E-state index in [2.05, 4.69) is 0 Å². The summed E-state index contributed by atoms with van der Waals surface area (Å²) in [5.74, 6) is -5.93. The highest BCUT2D eigenvalue weighted by Crippen LogP contribution is 2.39. The van der Waals surface area contributed by atoms with Gasteiger partial charge < -0.3 is 5.11 Å². The van der Waals surface area contributed by atoms with E-state index in [1.54, 1.807) is 0 Å². The molecule has 5 nitrogen and oxygen atoms in total. The van der Waals surface area contributed by atoms with E-state index < -0.39 is 34.2 Å². The van der Waals surface area contributed by atoms with Gasteiger partial charge in [-0.2, -0.15) is 8.78 Å². The molecule has 2 rings (SSSR count). The highest BCUT2D eigenvalue weighted by Gasteiger charge is 2.42. The zero-order valence-electron chi connectivity index (χ0n) is 8.95. The zero-order valence-corrected chi connectivity index (χ0v) is 9.77. The van der Waals surface area contributed by atoms with Gasteiger partial charge in [0.05, 0.1) is 12.2 Å². The topological polar surface area (TPSA) is 74.7 Å². The van der Waals surface area contributed by atoms with Crippen LogP contribution < -0.4 is 4.31 Å². The van der Waals surface area contributed by atoms with Gasteiger partial charge in [0.25, 0.3) is 10.0 Å². The molecule has 18 heavy (non-hydrogen) atoms. The first-order chi connectivity index (χ1) is 8.35. The van der Waals surface area contributed by atoms with Crippen molar-refractivity contribution in [1.82, 2.24) is 0 Å². The van der Waals surface area contributed by atoms with E-state index in [1.807, 2.05) is 0 Å². The minimum Gasteiger partial charge on any atom is -0.481 e. The molecule has 1 aliphatic rings. The van der Waals surface area contributed by atoms with Crippen LogP contribution in [-0.2, 0) is 14.8 Å². The summed E-state index contributed by atoms with van der Waals surface area (Å²) >= 11 is 0. The monoisotopic (exact) mass is 277 g/mol. The molecule has 8 heteroatoms. The van der Waals surface area contributed by atoms with E-state index in [0.717, 1.165) is 0 Å².